The van der Waals surface area contributed by atoms with Crippen molar-refractivity contribution < 1.29 is 46.8 Å². The van der Waals surface area contributed by atoms with Crippen molar-refractivity contribution in [1.82, 2.24) is 0 Å². The van der Waals surface area contributed by atoms with Crippen LogP contribution in [0.4, 0.5) is 0 Å². The molecule has 0 fully saturated rings. The first kappa shape index (κ1) is 33.3. The van der Waals surface area contributed by atoms with Gasteiger partial charge in [0.05, 0.1) is 0 Å². The number of carboxylic acid groups (broad SMARTS) is 2. The molecule has 0 aliphatic carbocycles. The number of phenolic OH excluding ortho intramolecular Hbond substituents is 2. The number of carboxylic acids is 2. The fraction of sp³-hybridized carbons (Fsp3) is 0.0968. The molecule has 1 radical (unpaired) electrons. The number of phenols is 2. The quantitative estimate of drug-likeness (QED) is 0.333. The molecule has 8 nitrogen and oxygen atoms in total. The number of carbonyl (C=O) groups is 2. The Bertz CT molecular complexity index is 1310. The van der Waals surface area contributed by atoms with Gasteiger partial charge >= 0.3 is 16.8 Å². The second kappa shape index (κ2) is 17.7. The molecule has 0 spiro atoms. The Labute approximate surface area is 243 Å². The molecule has 207 valence electrons. The van der Waals surface area contributed by atoms with Gasteiger partial charge < -0.3 is 30.0 Å². The Kier molecular flexibility index (Phi) is 14.7. The van der Waals surface area contributed by atoms with E-state index in [-0.39, 0.29) is 34.9 Å². The number of rotatable bonds is 6. The van der Waals surface area contributed by atoms with Gasteiger partial charge in [-0.1, -0.05) is 72.8 Å². The second-order valence-corrected chi connectivity index (χ2v) is 8.03. The Morgan fingerprint density at radius 1 is 0.625 bits per heavy atom. The minimum Gasteiger partial charge on any atom is -0.550 e. The van der Waals surface area contributed by atoms with Crippen LogP contribution in [0.3, 0.4) is 0 Å². The molecule has 0 heterocycles. The van der Waals surface area contributed by atoms with Crippen LogP contribution in [0.2, 0.25) is 0 Å². The van der Waals surface area contributed by atoms with E-state index in [0.717, 1.165) is 36.1 Å². The number of hydrogen-bond donors (Lipinski definition) is 2. The molecule has 0 amide bonds. The predicted octanol–water partition coefficient (Wildman–Crippen LogP) is 3.44. The molecule has 0 saturated heterocycles. The normalized spacial score (nSPS) is 10.1. The molecule has 9 heteroatoms. The van der Waals surface area contributed by atoms with E-state index in [0.29, 0.717) is 11.1 Å². The number of carbonyl (C=O) groups excluding carboxylic acids is 2. The minimum atomic E-state index is -1.08. The van der Waals surface area contributed by atoms with Gasteiger partial charge in [-0.25, -0.2) is 0 Å². The van der Waals surface area contributed by atoms with Crippen molar-refractivity contribution in [3.63, 3.8) is 0 Å². The first-order valence-electron chi connectivity index (χ1n) is 11.8. The van der Waals surface area contributed by atoms with Crippen LogP contribution >= 0.6 is 0 Å². The standard InChI is InChI=1S/C27H22N2O2.2C2H4O2.Co/c30-26-13-11-22(20-7-3-1-4-8-20)15-24(26)17-28-19-29-18-25-16-23(12-14-27(25)31)21-9-5-2-6-10-21;2*1-2(3)4;/h1-18,30-31H,19H2;2*1H3,(H,3,4);/q;;;+2/p-2. The molecule has 0 bridgehead atoms. The number of benzene rings is 4. The van der Waals surface area contributed by atoms with Crippen LogP contribution in [0.15, 0.2) is 107 Å². The zero-order chi connectivity index (χ0) is 28.6. The number of aromatic hydroxyl groups is 2. The van der Waals surface area contributed by atoms with Crippen LogP contribution in [0.5, 0.6) is 11.5 Å². The van der Waals surface area contributed by atoms with Crippen molar-refractivity contribution in [3.05, 3.63) is 108 Å². The maximum Gasteiger partial charge on any atom is 2.00 e. The van der Waals surface area contributed by atoms with Gasteiger partial charge in [0.25, 0.3) is 0 Å². The van der Waals surface area contributed by atoms with E-state index in [1.807, 2.05) is 84.9 Å². The zero-order valence-corrected chi connectivity index (χ0v) is 22.9. The summed E-state index contributed by atoms with van der Waals surface area (Å²) in [5.74, 6) is -1.83. The van der Waals surface area contributed by atoms with Crippen molar-refractivity contribution in [2.75, 3.05) is 6.67 Å². The smallest absolute Gasteiger partial charge is 0.550 e. The summed E-state index contributed by atoms with van der Waals surface area (Å²) in [5.41, 5.74) is 5.42. The maximum absolute atomic E-state index is 10.1. The summed E-state index contributed by atoms with van der Waals surface area (Å²) in [6.45, 7) is 2.13. The molecule has 40 heavy (non-hydrogen) atoms. The van der Waals surface area contributed by atoms with Crippen molar-refractivity contribution in [2.24, 2.45) is 9.98 Å². The molecule has 0 atom stereocenters. The van der Waals surface area contributed by atoms with E-state index in [9.17, 15) is 10.2 Å². The van der Waals surface area contributed by atoms with Crippen molar-refractivity contribution >= 4 is 24.4 Å². The average molecular weight is 584 g/mol. The van der Waals surface area contributed by atoms with Gasteiger partial charge in [0.15, 0.2) is 0 Å². The van der Waals surface area contributed by atoms with Crippen LogP contribution in [0, 0.1) is 0 Å². The fourth-order valence-electron chi connectivity index (χ4n) is 3.26. The summed E-state index contributed by atoms with van der Waals surface area (Å²) in [6, 6.07) is 30.8. The zero-order valence-electron chi connectivity index (χ0n) is 21.9. The van der Waals surface area contributed by atoms with Gasteiger partial charge in [0.2, 0.25) is 0 Å². The number of hydrogen-bond acceptors (Lipinski definition) is 8. The number of nitrogens with zero attached hydrogens (tertiary/aromatic N) is 2. The molecular formula is C31H28CoN2O6. The van der Waals surface area contributed by atoms with Gasteiger partial charge in [0, 0.05) is 35.5 Å². The van der Waals surface area contributed by atoms with Crippen LogP contribution in [0.1, 0.15) is 25.0 Å². The van der Waals surface area contributed by atoms with E-state index >= 15 is 0 Å². The second-order valence-electron chi connectivity index (χ2n) is 8.03. The molecule has 4 aromatic carbocycles. The predicted molar refractivity (Wildman–Crippen MR) is 149 cm³/mol. The largest absolute Gasteiger partial charge is 2.00 e. The topological polar surface area (TPSA) is 145 Å². The molecule has 2 N–H and O–H groups in total. The summed E-state index contributed by atoms with van der Waals surface area (Å²) in [5, 5.41) is 38.0. The van der Waals surface area contributed by atoms with Crippen LogP contribution in [0.25, 0.3) is 22.3 Å². The number of aliphatic imine (C=N–C) groups is 2. The van der Waals surface area contributed by atoms with Gasteiger partial charge in [-0.15, -0.1) is 0 Å². The molecule has 0 aliphatic rings. The SMILES string of the molecule is CC(=O)[O-].CC(=O)[O-].Oc1ccc(-c2ccccc2)cc1C=NCN=Cc1cc(-c2ccccc2)ccc1O.[Co+2]. The van der Waals surface area contributed by atoms with Crippen LogP contribution in [-0.2, 0) is 26.4 Å². The monoisotopic (exact) mass is 583 g/mol. The molecule has 0 aliphatic heterocycles. The Balaban J connectivity index is 0.000000789. The minimum absolute atomic E-state index is 0. The van der Waals surface area contributed by atoms with E-state index in [4.69, 9.17) is 19.8 Å². The molecule has 4 rings (SSSR count). The van der Waals surface area contributed by atoms with E-state index in [1.165, 1.54) is 0 Å². The average Bonchev–Trinajstić information content (AvgIpc) is 2.91. The Hall–Kier alpha value is -4.73. The summed E-state index contributed by atoms with van der Waals surface area (Å²) in [6.07, 6.45) is 3.22. The molecule has 0 saturated carbocycles. The van der Waals surface area contributed by atoms with Gasteiger partial charge in [0.1, 0.15) is 18.2 Å². The molecule has 4 aromatic rings. The first-order valence-corrected chi connectivity index (χ1v) is 11.8. The van der Waals surface area contributed by atoms with E-state index < -0.39 is 11.9 Å². The summed E-state index contributed by atoms with van der Waals surface area (Å²) >= 11 is 0. The van der Waals surface area contributed by atoms with Crippen LogP contribution < -0.4 is 10.2 Å². The third-order valence-corrected chi connectivity index (χ3v) is 4.89. The Morgan fingerprint density at radius 2 is 0.950 bits per heavy atom. The van der Waals surface area contributed by atoms with E-state index in [1.54, 1.807) is 24.6 Å². The Morgan fingerprint density at radius 3 is 1.27 bits per heavy atom. The summed E-state index contributed by atoms with van der Waals surface area (Å²) < 4.78 is 0. The van der Waals surface area contributed by atoms with Gasteiger partial charge in [-0.2, -0.15) is 0 Å². The summed E-state index contributed by atoms with van der Waals surface area (Å²) in [4.78, 5) is 26.4. The van der Waals surface area contributed by atoms with Crippen molar-refractivity contribution in [2.45, 2.75) is 13.8 Å². The maximum atomic E-state index is 10.1. The van der Waals surface area contributed by atoms with Crippen LogP contribution in [-0.4, -0.2) is 41.2 Å². The van der Waals surface area contributed by atoms with Gasteiger partial charge in [-0.3, -0.25) is 9.98 Å². The number of aliphatic carboxylic acids is 2. The molecule has 0 aromatic heterocycles. The molecule has 0 unspecified atom stereocenters. The third-order valence-electron chi connectivity index (χ3n) is 4.89. The van der Waals surface area contributed by atoms with Crippen molar-refractivity contribution in [3.8, 4) is 33.8 Å². The first-order chi connectivity index (χ1) is 18.7. The van der Waals surface area contributed by atoms with Crippen molar-refractivity contribution in [1.29, 1.82) is 0 Å². The summed E-state index contributed by atoms with van der Waals surface area (Å²) in [7, 11) is 0. The van der Waals surface area contributed by atoms with E-state index in [2.05, 4.69) is 9.98 Å². The molecular weight excluding hydrogens is 555 g/mol. The fourth-order valence-corrected chi connectivity index (χ4v) is 3.26. The third kappa shape index (κ3) is 12.2. The van der Waals surface area contributed by atoms with Gasteiger partial charge in [-0.05, 0) is 60.4 Å².